The SMILES string of the molecule is COCCOc1ncccc1C(=O)N1CCN(C(C#N)C(C)C)CC1. The van der Waals surface area contributed by atoms with E-state index >= 15 is 0 Å². The van der Waals surface area contributed by atoms with Crippen LogP contribution in [0.1, 0.15) is 24.2 Å². The zero-order valence-electron chi connectivity index (χ0n) is 15.1. The molecular weight excluding hydrogens is 320 g/mol. The Balaban J connectivity index is 2.00. The molecule has 0 spiro atoms. The zero-order valence-corrected chi connectivity index (χ0v) is 15.1. The van der Waals surface area contributed by atoms with Crippen LogP contribution in [-0.4, -0.2) is 73.2 Å². The average Bonchev–Trinajstić information content (AvgIpc) is 2.63. The Bertz CT molecular complexity index is 607. The Hall–Kier alpha value is -2.17. The third-order valence-corrected chi connectivity index (χ3v) is 4.29. The summed E-state index contributed by atoms with van der Waals surface area (Å²) in [6.07, 6.45) is 1.61. The lowest BCUT2D eigenvalue weighted by atomic mass is 10.0. The minimum Gasteiger partial charge on any atom is -0.475 e. The van der Waals surface area contributed by atoms with E-state index in [9.17, 15) is 10.1 Å². The minimum absolute atomic E-state index is 0.0850. The second kappa shape index (κ2) is 9.35. The van der Waals surface area contributed by atoms with E-state index in [1.54, 1.807) is 30.3 Å². The number of nitrogens with zero attached hydrogens (tertiary/aromatic N) is 4. The average molecular weight is 346 g/mol. The number of hydrogen-bond acceptors (Lipinski definition) is 6. The maximum Gasteiger partial charge on any atom is 0.259 e. The van der Waals surface area contributed by atoms with Gasteiger partial charge < -0.3 is 14.4 Å². The van der Waals surface area contributed by atoms with Gasteiger partial charge in [0, 0.05) is 39.5 Å². The van der Waals surface area contributed by atoms with Crippen molar-refractivity contribution in [3.63, 3.8) is 0 Å². The highest BCUT2D eigenvalue weighted by molar-refractivity contribution is 5.96. The van der Waals surface area contributed by atoms with Crippen molar-refractivity contribution in [3.8, 4) is 11.9 Å². The molecule has 136 valence electrons. The maximum absolute atomic E-state index is 12.8. The lowest BCUT2D eigenvalue weighted by Gasteiger charge is -2.38. The van der Waals surface area contributed by atoms with Gasteiger partial charge in [-0.15, -0.1) is 0 Å². The number of carbonyl (C=O) groups excluding carboxylic acids is 1. The van der Waals surface area contributed by atoms with Crippen molar-refractivity contribution in [3.05, 3.63) is 23.9 Å². The predicted octanol–water partition coefficient (Wildman–Crippen LogP) is 1.41. The Labute approximate surface area is 149 Å². The van der Waals surface area contributed by atoms with Crippen molar-refractivity contribution in [1.29, 1.82) is 5.26 Å². The molecule has 0 saturated carbocycles. The first-order valence-electron chi connectivity index (χ1n) is 8.58. The van der Waals surface area contributed by atoms with Crippen LogP contribution in [0.4, 0.5) is 0 Å². The van der Waals surface area contributed by atoms with E-state index in [0.29, 0.717) is 50.8 Å². The van der Waals surface area contributed by atoms with Crippen LogP contribution in [0.2, 0.25) is 0 Å². The molecule has 1 atom stereocenters. The van der Waals surface area contributed by atoms with Gasteiger partial charge in [-0.1, -0.05) is 13.8 Å². The molecule has 0 radical (unpaired) electrons. The number of pyridine rings is 1. The Morgan fingerprint density at radius 1 is 1.32 bits per heavy atom. The van der Waals surface area contributed by atoms with Crippen molar-refractivity contribution in [2.24, 2.45) is 5.92 Å². The standard InChI is InChI=1S/C18H26N4O3/c1-14(2)16(13-19)21-7-9-22(10-8-21)18(23)15-5-4-6-20-17(15)25-12-11-24-3/h4-6,14,16H,7-12H2,1-3H3. The monoisotopic (exact) mass is 346 g/mol. The highest BCUT2D eigenvalue weighted by Gasteiger charge is 2.29. The van der Waals surface area contributed by atoms with Gasteiger partial charge in [-0.2, -0.15) is 5.26 Å². The first-order valence-corrected chi connectivity index (χ1v) is 8.58. The molecule has 1 amide bonds. The molecule has 7 heteroatoms. The van der Waals surface area contributed by atoms with Gasteiger partial charge in [0.25, 0.3) is 5.91 Å². The fraction of sp³-hybridized carbons (Fsp3) is 0.611. The Morgan fingerprint density at radius 3 is 2.64 bits per heavy atom. The molecule has 0 N–H and O–H groups in total. The van der Waals surface area contributed by atoms with Crippen molar-refractivity contribution in [2.75, 3.05) is 46.5 Å². The van der Waals surface area contributed by atoms with Gasteiger partial charge in [0.05, 0.1) is 12.7 Å². The van der Waals surface area contributed by atoms with Gasteiger partial charge in [-0.3, -0.25) is 9.69 Å². The molecule has 1 aliphatic rings. The van der Waals surface area contributed by atoms with Crippen LogP contribution in [0.3, 0.4) is 0 Å². The second-order valence-electron chi connectivity index (χ2n) is 6.34. The van der Waals surface area contributed by atoms with Gasteiger partial charge in [0.15, 0.2) is 0 Å². The van der Waals surface area contributed by atoms with E-state index in [0.717, 1.165) is 0 Å². The summed E-state index contributed by atoms with van der Waals surface area (Å²) in [7, 11) is 1.60. The number of hydrogen-bond donors (Lipinski definition) is 0. The molecule has 0 aliphatic carbocycles. The lowest BCUT2D eigenvalue weighted by molar-refractivity contribution is 0.0570. The van der Waals surface area contributed by atoms with E-state index < -0.39 is 0 Å². The number of nitriles is 1. The van der Waals surface area contributed by atoms with Crippen LogP contribution in [-0.2, 0) is 4.74 Å². The summed E-state index contributed by atoms with van der Waals surface area (Å²) in [6, 6.07) is 5.72. The number of amides is 1. The van der Waals surface area contributed by atoms with Crippen LogP contribution in [0, 0.1) is 17.2 Å². The molecule has 1 unspecified atom stereocenters. The largest absolute Gasteiger partial charge is 0.475 e. The molecule has 2 heterocycles. The molecule has 1 saturated heterocycles. The van der Waals surface area contributed by atoms with Gasteiger partial charge in [0.1, 0.15) is 18.2 Å². The van der Waals surface area contributed by atoms with Gasteiger partial charge in [-0.25, -0.2) is 4.98 Å². The smallest absolute Gasteiger partial charge is 0.259 e. The summed E-state index contributed by atoms with van der Waals surface area (Å²) in [6.45, 7) is 7.46. The van der Waals surface area contributed by atoms with E-state index in [-0.39, 0.29) is 17.9 Å². The van der Waals surface area contributed by atoms with Crippen LogP contribution in [0.5, 0.6) is 5.88 Å². The quantitative estimate of drug-likeness (QED) is 0.695. The van der Waals surface area contributed by atoms with Crippen molar-refractivity contribution < 1.29 is 14.3 Å². The first kappa shape index (κ1) is 19.2. The van der Waals surface area contributed by atoms with Crippen LogP contribution >= 0.6 is 0 Å². The summed E-state index contributed by atoms with van der Waals surface area (Å²) in [5.41, 5.74) is 0.466. The molecule has 1 aromatic heterocycles. The highest BCUT2D eigenvalue weighted by Crippen LogP contribution is 2.19. The number of piperazine rings is 1. The molecule has 0 aromatic carbocycles. The molecule has 1 aliphatic heterocycles. The fourth-order valence-corrected chi connectivity index (χ4v) is 2.92. The van der Waals surface area contributed by atoms with Gasteiger partial charge in [0.2, 0.25) is 5.88 Å². The number of rotatable bonds is 7. The van der Waals surface area contributed by atoms with E-state index in [2.05, 4.69) is 16.0 Å². The lowest BCUT2D eigenvalue weighted by Crippen LogP contribution is -2.52. The number of carbonyl (C=O) groups is 1. The van der Waals surface area contributed by atoms with Crippen LogP contribution in [0.25, 0.3) is 0 Å². The molecular formula is C18H26N4O3. The first-order chi connectivity index (χ1) is 12.1. The normalized spacial score (nSPS) is 16.5. The van der Waals surface area contributed by atoms with Crippen molar-refractivity contribution in [1.82, 2.24) is 14.8 Å². The second-order valence-corrected chi connectivity index (χ2v) is 6.34. The minimum atomic E-state index is -0.108. The van der Waals surface area contributed by atoms with E-state index in [1.807, 2.05) is 13.8 Å². The molecule has 7 nitrogen and oxygen atoms in total. The summed E-state index contributed by atoms with van der Waals surface area (Å²) in [4.78, 5) is 20.9. The zero-order chi connectivity index (χ0) is 18.2. The fourth-order valence-electron chi connectivity index (χ4n) is 2.92. The summed E-state index contributed by atoms with van der Waals surface area (Å²) in [5.74, 6) is 0.522. The maximum atomic E-state index is 12.8. The third kappa shape index (κ3) is 4.91. The topological polar surface area (TPSA) is 78.7 Å². The number of methoxy groups -OCH3 is 1. The highest BCUT2D eigenvalue weighted by atomic mass is 16.5. The van der Waals surface area contributed by atoms with Gasteiger partial charge in [-0.05, 0) is 18.1 Å². The number of aromatic nitrogens is 1. The number of ether oxygens (including phenoxy) is 2. The summed E-state index contributed by atoms with van der Waals surface area (Å²) in [5, 5.41) is 9.33. The molecule has 1 fully saturated rings. The molecule has 2 rings (SSSR count). The van der Waals surface area contributed by atoms with E-state index in [4.69, 9.17) is 9.47 Å². The third-order valence-electron chi connectivity index (χ3n) is 4.29. The Morgan fingerprint density at radius 2 is 2.04 bits per heavy atom. The summed E-state index contributed by atoms with van der Waals surface area (Å²) >= 11 is 0. The van der Waals surface area contributed by atoms with Crippen molar-refractivity contribution in [2.45, 2.75) is 19.9 Å². The summed E-state index contributed by atoms with van der Waals surface area (Å²) < 4.78 is 10.5. The Kier molecular flexibility index (Phi) is 7.16. The van der Waals surface area contributed by atoms with Crippen LogP contribution < -0.4 is 4.74 Å². The van der Waals surface area contributed by atoms with Crippen LogP contribution in [0.15, 0.2) is 18.3 Å². The van der Waals surface area contributed by atoms with Gasteiger partial charge >= 0.3 is 0 Å². The van der Waals surface area contributed by atoms with E-state index in [1.165, 1.54) is 0 Å². The molecule has 1 aromatic rings. The molecule has 25 heavy (non-hydrogen) atoms. The molecule has 0 bridgehead atoms. The predicted molar refractivity (Wildman–Crippen MR) is 93.3 cm³/mol. The van der Waals surface area contributed by atoms with Crippen molar-refractivity contribution >= 4 is 5.91 Å².